The first-order valence-corrected chi connectivity index (χ1v) is 3.19. The summed E-state index contributed by atoms with van der Waals surface area (Å²) in [5.41, 5.74) is 0.576. The first-order valence-electron chi connectivity index (χ1n) is 2.81. The molecule has 1 rings (SSSR count). The molecule has 54 valence electrons. The Labute approximate surface area is 63.2 Å². The highest BCUT2D eigenvalue weighted by Crippen LogP contribution is 1.95. The Morgan fingerprint density at radius 3 is 2.80 bits per heavy atom. The van der Waals surface area contributed by atoms with E-state index >= 15 is 0 Å². The van der Waals surface area contributed by atoms with Gasteiger partial charge in [-0.2, -0.15) is 5.10 Å². The van der Waals surface area contributed by atoms with Gasteiger partial charge < -0.3 is 0 Å². The number of halogens is 1. The van der Waals surface area contributed by atoms with Gasteiger partial charge in [-0.25, -0.2) is 0 Å². The number of aromatic nitrogens is 2. The molecule has 0 aliphatic carbocycles. The summed E-state index contributed by atoms with van der Waals surface area (Å²) < 4.78 is 1.56. The van der Waals surface area contributed by atoms with Crippen molar-refractivity contribution < 1.29 is 0 Å². The second kappa shape index (κ2) is 2.42. The van der Waals surface area contributed by atoms with Crippen molar-refractivity contribution in [2.75, 3.05) is 0 Å². The summed E-state index contributed by atoms with van der Waals surface area (Å²) >= 11 is 5.44. The van der Waals surface area contributed by atoms with Crippen LogP contribution < -0.4 is 5.43 Å². The van der Waals surface area contributed by atoms with Crippen LogP contribution in [0.15, 0.2) is 10.9 Å². The van der Waals surface area contributed by atoms with Gasteiger partial charge in [0.2, 0.25) is 5.43 Å². The normalized spacial score (nSPS) is 9.90. The molecule has 0 amide bonds. The van der Waals surface area contributed by atoms with Gasteiger partial charge in [-0.15, -0.1) is 0 Å². The van der Waals surface area contributed by atoms with Crippen LogP contribution in [0.4, 0.5) is 0 Å². The maximum Gasteiger partial charge on any atom is 0.219 e. The van der Waals surface area contributed by atoms with Crippen molar-refractivity contribution in [3.63, 3.8) is 0 Å². The van der Waals surface area contributed by atoms with Crippen molar-refractivity contribution in [1.82, 2.24) is 9.78 Å². The molecule has 0 aliphatic heterocycles. The molecule has 0 aromatic carbocycles. The molecular weight excluding hydrogens is 152 g/mol. The first-order chi connectivity index (χ1) is 4.61. The van der Waals surface area contributed by atoms with Crippen molar-refractivity contribution in [3.05, 3.63) is 27.1 Å². The van der Waals surface area contributed by atoms with Crippen LogP contribution in [0.3, 0.4) is 0 Å². The van der Waals surface area contributed by atoms with E-state index in [0.717, 1.165) is 5.69 Å². The van der Waals surface area contributed by atoms with Gasteiger partial charge in [0.25, 0.3) is 0 Å². The van der Waals surface area contributed by atoms with Gasteiger partial charge in [0, 0.05) is 18.8 Å². The summed E-state index contributed by atoms with van der Waals surface area (Å²) in [5, 5.41) is 3.76. The number of nitrogens with zero attached hydrogens (tertiary/aromatic N) is 2. The van der Waals surface area contributed by atoms with Gasteiger partial charge in [-0.05, 0) is 6.92 Å². The van der Waals surface area contributed by atoms with Crippen LogP contribution in [0, 0.1) is 6.92 Å². The fourth-order valence-corrected chi connectivity index (χ4v) is 0.770. The average Bonchev–Trinajstić information content (AvgIpc) is 1.84. The van der Waals surface area contributed by atoms with Crippen molar-refractivity contribution in [2.45, 2.75) is 6.92 Å². The molecule has 4 heteroatoms. The van der Waals surface area contributed by atoms with Gasteiger partial charge in [0.1, 0.15) is 0 Å². The highest BCUT2D eigenvalue weighted by atomic mass is 35.5. The highest BCUT2D eigenvalue weighted by Gasteiger charge is 1.97. The molecule has 0 atom stereocenters. The van der Waals surface area contributed by atoms with Crippen molar-refractivity contribution in [3.8, 4) is 0 Å². The zero-order chi connectivity index (χ0) is 7.72. The van der Waals surface area contributed by atoms with E-state index in [2.05, 4.69) is 5.10 Å². The maximum atomic E-state index is 10.8. The van der Waals surface area contributed by atoms with Crippen LogP contribution in [0.5, 0.6) is 0 Å². The molecule has 0 N–H and O–H groups in total. The summed E-state index contributed by atoms with van der Waals surface area (Å²) in [5.74, 6) is 0. The molecular formula is C6H7ClN2O. The first kappa shape index (κ1) is 7.28. The third-order valence-corrected chi connectivity index (χ3v) is 1.55. The van der Waals surface area contributed by atoms with Gasteiger partial charge >= 0.3 is 0 Å². The lowest BCUT2D eigenvalue weighted by Crippen LogP contribution is -2.11. The minimum atomic E-state index is -0.225. The van der Waals surface area contributed by atoms with Crippen LogP contribution in [-0.2, 0) is 7.05 Å². The van der Waals surface area contributed by atoms with E-state index in [1.54, 1.807) is 18.7 Å². The van der Waals surface area contributed by atoms with Gasteiger partial charge in [0.15, 0.2) is 5.15 Å². The van der Waals surface area contributed by atoms with Crippen LogP contribution in [-0.4, -0.2) is 9.78 Å². The van der Waals surface area contributed by atoms with Gasteiger partial charge in [-0.3, -0.25) is 9.48 Å². The maximum absolute atomic E-state index is 10.8. The van der Waals surface area contributed by atoms with E-state index in [1.807, 2.05) is 0 Å². The number of aryl methyl sites for hydroxylation is 2. The third kappa shape index (κ3) is 1.19. The molecule has 0 fully saturated rings. The molecule has 1 aromatic heterocycles. The van der Waals surface area contributed by atoms with E-state index in [9.17, 15) is 4.79 Å². The zero-order valence-electron chi connectivity index (χ0n) is 5.76. The van der Waals surface area contributed by atoms with Crippen LogP contribution in [0.1, 0.15) is 5.69 Å². The highest BCUT2D eigenvalue weighted by molar-refractivity contribution is 6.29. The second-order valence-electron chi connectivity index (χ2n) is 2.06. The Hall–Kier alpha value is -0.830. The third-order valence-electron chi connectivity index (χ3n) is 1.29. The number of hydrogen-bond donors (Lipinski definition) is 0. The molecule has 0 saturated heterocycles. The topological polar surface area (TPSA) is 34.9 Å². The fraction of sp³-hybridized carbons (Fsp3) is 0.333. The predicted octanol–water partition coefficient (Wildman–Crippen LogP) is 0.742. The lowest BCUT2D eigenvalue weighted by atomic mass is 10.4. The second-order valence-corrected chi connectivity index (χ2v) is 2.42. The van der Waals surface area contributed by atoms with Crippen molar-refractivity contribution in [1.29, 1.82) is 0 Å². The largest absolute Gasteiger partial charge is 0.286 e. The SMILES string of the molecule is Cc1cc(=O)c(Cl)nn1C. The summed E-state index contributed by atoms with van der Waals surface area (Å²) in [6.45, 7) is 1.80. The lowest BCUT2D eigenvalue weighted by molar-refractivity contribution is 0.704. The predicted molar refractivity (Wildman–Crippen MR) is 39.2 cm³/mol. The Balaban J connectivity index is 3.43. The standard InChI is InChI=1S/C6H7ClN2O/c1-4-3-5(10)6(7)8-9(4)2/h3H,1-2H3. The molecule has 0 radical (unpaired) electrons. The smallest absolute Gasteiger partial charge is 0.219 e. The Kier molecular flexibility index (Phi) is 1.76. The Morgan fingerprint density at radius 2 is 2.30 bits per heavy atom. The Morgan fingerprint density at radius 1 is 1.70 bits per heavy atom. The van der Waals surface area contributed by atoms with Crippen LogP contribution >= 0.6 is 11.6 Å². The quantitative estimate of drug-likeness (QED) is 0.558. The molecule has 10 heavy (non-hydrogen) atoms. The van der Waals surface area contributed by atoms with Gasteiger partial charge in [-0.1, -0.05) is 11.6 Å². The Bertz CT molecular complexity index is 305. The number of rotatable bonds is 0. The van der Waals surface area contributed by atoms with E-state index in [4.69, 9.17) is 11.6 Å². The number of hydrogen-bond acceptors (Lipinski definition) is 2. The van der Waals surface area contributed by atoms with E-state index in [-0.39, 0.29) is 10.6 Å². The summed E-state index contributed by atoms with van der Waals surface area (Å²) in [6.07, 6.45) is 0. The zero-order valence-corrected chi connectivity index (χ0v) is 6.51. The lowest BCUT2D eigenvalue weighted by Gasteiger charge is -1.99. The minimum Gasteiger partial charge on any atom is -0.286 e. The van der Waals surface area contributed by atoms with E-state index in [0.29, 0.717) is 0 Å². The molecule has 0 aliphatic rings. The van der Waals surface area contributed by atoms with Gasteiger partial charge in [0.05, 0.1) is 0 Å². The average molecular weight is 159 g/mol. The fourth-order valence-electron chi connectivity index (χ4n) is 0.603. The molecule has 0 unspecified atom stereocenters. The minimum absolute atomic E-state index is 0.0214. The summed E-state index contributed by atoms with van der Waals surface area (Å²) in [7, 11) is 1.74. The molecule has 1 aromatic rings. The van der Waals surface area contributed by atoms with E-state index < -0.39 is 0 Å². The molecule has 3 nitrogen and oxygen atoms in total. The molecule has 0 spiro atoms. The monoisotopic (exact) mass is 158 g/mol. The summed E-state index contributed by atoms with van der Waals surface area (Å²) in [4.78, 5) is 10.8. The van der Waals surface area contributed by atoms with E-state index in [1.165, 1.54) is 6.07 Å². The molecule has 0 bridgehead atoms. The van der Waals surface area contributed by atoms with Crippen molar-refractivity contribution >= 4 is 11.6 Å². The van der Waals surface area contributed by atoms with Crippen LogP contribution in [0.25, 0.3) is 0 Å². The van der Waals surface area contributed by atoms with Crippen molar-refractivity contribution in [2.24, 2.45) is 7.05 Å². The summed E-state index contributed by atoms with van der Waals surface area (Å²) in [6, 6.07) is 1.45. The van der Waals surface area contributed by atoms with Crippen LogP contribution in [0.2, 0.25) is 5.15 Å². The molecule has 1 heterocycles. The molecule has 0 saturated carbocycles.